The molecule has 0 bridgehead atoms. The van der Waals surface area contributed by atoms with Crippen molar-refractivity contribution >= 4 is 23.4 Å². The summed E-state index contributed by atoms with van der Waals surface area (Å²) in [6.45, 7) is 5.40. The van der Waals surface area contributed by atoms with E-state index in [2.05, 4.69) is 10.6 Å². The summed E-state index contributed by atoms with van der Waals surface area (Å²) < 4.78 is 13.6. The highest BCUT2D eigenvalue weighted by molar-refractivity contribution is 6.02. The summed E-state index contributed by atoms with van der Waals surface area (Å²) in [6, 6.07) is 9.77. The number of primary amides is 1. The lowest BCUT2D eigenvalue weighted by molar-refractivity contribution is -0.118. The summed E-state index contributed by atoms with van der Waals surface area (Å²) in [5.74, 6) is -2.74. The molecule has 7 heteroatoms. The maximum Gasteiger partial charge on any atom is 0.252 e. The SMILES string of the molecule is Cc1ccccc1C(=O)NC(C(=O)Nc1ccc(F)c(C(N)=O)c1)C(C)C. The third-order valence-corrected chi connectivity index (χ3v) is 4.12. The van der Waals surface area contributed by atoms with Crippen LogP contribution in [0.5, 0.6) is 0 Å². The highest BCUT2D eigenvalue weighted by Gasteiger charge is 2.25. The third-order valence-electron chi connectivity index (χ3n) is 4.12. The van der Waals surface area contributed by atoms with Crippen molar-refractivity contribution in [1.82, 2.24) is 5.32 Å². The van der Waals surface area contributed by atoms with Crippen LogP contribution < -0.4 is 16.4 Å². The number of aryl methyl sites for hydroxylation is 1. The van der Waals surface area contributed by atoms with Gasteiger partial charge in [0, 0.05) is 11.3 Å². The van der Waals surface area contributed by atoms with Crippen LogP contribution in [-0.4, -0.2) is 23.8 Å². The minimum Gasteiger partial charge on any atom is -0.366 e. The van der Waals surface area contributed by atoms with Gasteiger partial charge in [0.15, 0.2) is 0 Å². The summed E-state index contributed by atoms with van der Waals surface area (Å²) >= 11 is 0. The molecule has 2 aromatic carbocycles. The van der Waals surface area contributed by atoms with Gasteiger partial charge in [-0.15, -0.1) is 0 Å². The number of carbonyl (C=O) groups excluding carboxylic acids is 3. The lowest BCUT2D eigenvalue weighted by Crippen LogP contribution is -2.47. The number of halogens is 1. The van der Waals surface area contributed by atoms with Crippen molar-refractivity contribution in [2.24, 2.45) is 11.7 Å². The second-order valence-corrected chi connectivity index (χ2v) is 6.56. The summed E-state index contributed by atoms with van der Waals surface area (Å²) in [7, 11) is 0. The number of carbonyl (C=O) groups is 3. The monoisotopic (exact) mass is 371 g/mol. The number of nitrogens with two attached hydrogens (primary N) is 1. The van der Waals surface area contributed by atoms with Crippen LogP contribution in [0.25, 0.3) is 0 Å². The number of rotatable bonds is 6. The fraction of sp³-hybridized carbons (Fsp3) is 0.250. The lowest BCUT2D eigenvalue weighted by Gasteiger charge is -2.22. The Morgan fingerprint density at radius 3 is 2.30 bits per heavy atom. The molecule has 6 nitrogen and oxygen atoms in total. The zero-order valence-corrected chi connectivity index (χ0v) is 15.4. The maximum absolute atomic E-state index is 13.6. The van der Waals surface area contributed by atoms with E-state index in [-0.39, 0.29) is 23.1 Å². The molecule has 0 aromatic heterocycles. The molecule has 0 heterocycles. The fourth-order valence-electron chi connectivity index (χ4n) is 2.59. The Morgan fingerprint density at radius 2 is 1.70 bits per heavy atom. The van der Waals surface area contributed by atoms with Crippen molar-refractivity contribution < 1.29 is 18.8 Å². The number of hydrogen-bond acceptors (Lipinski definition) is 3. The van der Waals surface area contributed by atoms with Crippen LogP contribution in [0.1, 0.15) is 40.1 Å². The first-order valence-corrected chi connectivity index (χ1v) is 8.47. The molecule has 0 spiro atoms. The molecule has 3 amide bonds. The number of nitrogens with one attached hydrogen (secondary N) is 2. The quantitative estimate of drug-likeness (QED) is 0.727. The van der Waals surface area contributed by atoms with Crippen molar-refractivity contribution in [3.63, 3.8) is 0 Å². The van der Waals surface area contributed by atoms with E-state index in [1.165, 1.54) is 6.07 Å². The molecule has 1 unspecified atom stereocenters. The maximum atomic E-state index is 13.6. The van der Waals surface area contributed by atoms with Crippen LogP contribution in [0.4, 0.5) is 10.1 Å². The summed E-state index contributed by atoms with van der Waals surface area (Å²) in [4.78, 5) is 36.4. The minimum absolute atomic E-state index is 0.200. The molecule has 0 saturated heterocycles. The van der Waals surface area contributed by atoms with Crippen LogP contribution in [0, 0.1) is 18.7 Å². The molecule has 0 aliphatic rings. The van der Waals surface area contributed by atoms with Gasteiger partial charge in [0.1, 0.15) is 11.9 Å². The Bertz CT molecular complexity index is 881. The predicted octanol–water partition coefficient (Wildman–Crippen LogP) is 2.63. The fourth-order valence-corrected chi connectivity index (χ4v) is 2.59. The zero-order valence-electron chi connectivity index (χ0n) is 15.4. The number of benzene rings is 2. The normalized spacial score (nSPS) is 11.7. The van der Waals surface area contributed by atoms with Crippen molar-refractivity contribution in [2.75, 3.05) is 5.32 Å². The Labute approximate surface area is 156 Å². The van der Waals surface area contributed by atoms with Crippen LogP contribution in [0.15, 0.2) is 42.5 Å². The highest BCUT2D eigenvalue weighted by atomic mass is 19.1. The molecule has 1 atom stereocenters. The van der Waals surface area contributed by atoms with Crippen molar-refractivity contribution in [2.45, 2.75) is 26.8 Å². The first-order chi connectivity index (χ1) is 12.7. The van der Waals surface area contributed by atoms with E-state index in [1.54, 1.807) is 26.0 Å². The number of amides is 3. The van der Waals surface area contributed by atoms with Crippen molar-refractivity contribution in [3.8, 4) is 0 Å². The van der Waals surface area contributed by atoms with E-state index in [0.29, 0.717) is 5.56 Å². The first-order valence-electron chi connectivity index (χ1n) is 8.47. The van der Waals surface area contributed by atoms with Gasteiger partial charge < -0.3 is 16.4 Å². The first kappa shape index (κ1) is 20.1. The summed E-state index contributed by atoms with van der Waals surface area (Å²) in [5, 5.41) is 5.31. The Kier molecular flexibility index (Phi) is 6.28. The molecular weight excluding hydrogens is 349 g/mol. The molecule has 2 aromatic rings. The van der Waals surface area contributed by atoms with Gasteiger partial charge in [0.2, 0.25) is 5.91 Å². The molecule has 142 valence electrons. The minimum atomic E-state index is -0.933. The molecule has 2 rings (SSSR count). The van der Waals surface area contributed by atoms with Gasteiger partial charge in [-0.1, -0.05) is 32.0 Å². The van der Waals surface area contributed by atoms with E-state index in [9.17, 15) is 18.8 Å². The Balaban J connectivity index is 2.18. The van der Waals surface area contributed by atoms with E-state index in [1.807, 2.05) is 19.1 Å². The molecule has 27 heavy (non-hydrogen) atoms. The Morgan fingerprint density at radius 1 is 1.04 bits per heavy atom. The average Bonchev–Trinajstić information content (AvgIpc) is 2.60. The van der Waals surface area contributed by atoms with Crippen LogP contribution in [0.3, 0.4) is 0 Å². The highest BCUT2D eigenvalue weighted by Crippen LogP contribution is 2.16. The number of anilines is 1. The molecule has 0 saturated carbocycles. The number of hydrogen-bond donors (Lipinski definition) is 3. The average molecular weight is 371 g/mol. The van der Waals surface area contributed by atoms with E-state index < -0.39 is 23.7 Å². The Hall–Kier alpha value is -3.22. The van der Waals surface area contributed by atoms with Gasteiger partial charge >= 0.3 is 0 Å². The van der Waals surface area contributed by atoms with Gasteiger partial charge in [0.05, 0.1) is 5.56 Å². The van der Waals surface area contributed by atoms with Gasteiger partial charge in [-0.25, -0.2) is 4.39 Å². The summed E-state index contributed by atoms with van der Waals surface area (Å²) in [5.41, 5.74) is 6.28. The van der Waals surface area contributed by atoms with Gasteiger partial charge in [0.25, 0.3) is 11.8 Å². The molecule has 0 aliphatic carbocycles. The second kappa shape index (κ2) is 8.44. The van der Waals surface area contributed by atoms with E-state index in [0.717, 1.165) is 17.7 Å². The lowest BCUT2D eigenvalue weighted by atomic mass is 10.0. The van der Waals surface area contributed by atoms with Crippen molar-refractivity contribution in [1.29, 1.82) is 0 Å². The van der Waals surface area contributed by atoms with Crippen LogP contribution in [0.2, 0.25) is 0 Å². The van der Waals surface area contributed by atoms with Crippen molar-refractivity contribution in [3.05, 3.63) is 65.0 Å². The molecule has 0 aliphatic heterocycles. The third kappa shape index (κ3) is 4.91. The van der Waals surface area contributed by atoms with Gasteiger partial charge in [-0.2, -0.15) is 0 Å². The van der Waals surface area contributed by atoms with E-state index in [4.69, 9.17) is 5.73 Å². The summed E-state index contributed by atoms with van der Waals surface area (Å²) in [6.07, 6.45) is 0. The second-order valence-electron chi connectivity index (χ2n) is 6.56. The molecule has 0 radical (unpaired) electrons. The predicted molar refractivity (Wildman–Crippen MR) is 101 cm³/mol. The molecular formula is C20H22FN3O3. The van der Waals surface area contributed by atoms with Crippen LogP contribution >= 0.6 is 0 Å². The van der Waals surface area contributed by atoms with Gasteiger partial charge in [-0.05, 0) is 42.7 Å². The van der Waals surface area contributed by atoms with E-state index >= 15 is 0 Å². The topological polar surface area (TPSA) is 101 Å². The molecule has 4 N–H and O–H groups in total. The van der Waals surface area contributed by atoms with Crippen LogP contribution in [-0.2, 0) is 4.79 Å². The zero-order chi connectivity index (χ0) is 20.1. The molecule has 0 fully saturated rings. The van der Waals surface area contributed by atoms with Gasteiger partial charge in [-0.3, -0.25) is 14.4 Å². The smallest absolute Gasteiger partial charge is 0.252 e. The largest absolute Gasteiger partial charge is 0.366 e. The standard InChI is InChI=1S/C20H22FN3O3/c1-11(2)17(24-19(26)14-7-5-4-6-12(14)3)20(27)23-13-8-9-16(21)15(10-13)18(22)25/h4-11,17H,1-3H3,(H2,22,25)(H,23,27)(H,24,26).